The van der Waals surface area contributed by atoms with Crippen LogP contribution < -0.4 is 5.32 Å². The Bertz CT molecular complexity index is 1290. The summed E-state index contributed by atoms with van der Waals surface area (Å²) in [6.45, 7) is 3.12. The van der Waals surface area contributed by atoms with Crippen LogP contribution >= 0.6 is 11.3 Å². The van der Waals surface area contributed by atoms with Gasteiger partial charge in [-0.05, 0) is 56.0 Å². The number of nitrogens with one attached hydrogen (secondary N) is 1. The van der Waals surface area contributed by atoms with Gasteiger partial charge in [0.15, 0.2) is 5.65 Å². The number of hydrogen-bond acceptors (Lipinski definition) is 7. The van der Waals surface area contributed by atoms with E-state index in [4.69, 9.17) is 0 Å². The Balaban J connectivity index is 1.36. The van der Waals surface area contributed by atoms with E-state index in [1.807, 2.05) is 24.0 Å². The van der Waals surface area contributed by atoms with Crippen LogP contribution in [0.1, 0.15) is 34.8 Å². The van der Waals surface area contributed by atoms with E-state index >= 15 is 0 Å². The summed E-state index contributed by atoms with van der Waals surface area (Å²) < 4.78 is 13.4. The van der Waals surface area contributed by atoms with E-state index < -0.39 is 0 Å². The van der Waals surface area contributed by atoms with Crippen molar-refractivity contribution in [3.63, 3.8) is 0 Å². The predicted octanol–water partition coefficient (Wildman–Crippen LogP) is 4.70. The first-order valence-corrected chi connectivity index (χ1v) is 11.8. The standard InChI is InChI=1S/C24H23FN6OS/c1-15-29-21(22(33-15)16-7-9-17(25)10-8-16)24(32)31-12-3-2-5-18(31)13-28-20-14-27-19-6-4-11-26-23(19)30-20/h4,6-11,14,18H,2-3,5,12-13H2,1H3,(H,26,28,30)/t18-/m0/s1. The highest BCUT2D eigenvalue weighted by Gasteiger charge is 2.31. The van der Waals surface area contributed by atoms with Crippen molar-refractivity contribution in [2.24, 2.45) is 0 Å². The van der Waals surface area contributed by atoms with Gasteiger partial charge in [0.05, 0.1) is 16.1 Å². The lowest BCUT2D eigenvalue weighted by Crippen LogP contribution is -2.47. The topological polar surface area (TPSA) is 83.9 Å². The average Bonchev–Trinajstić information content (AvgIpc) is 3.24. The first kappa shape index (κ1) is 21.4. The van der Waals surface area contributed by atoms with Gasteiger partial charge < -0.3 is 10.2 Å². The van der Waals surface area contributed by atoms with Gasteiger partial charge in [-0.2, -0.15) is 0 Å². The fourth-order valence-electron chi connectivity index (χ4n) is 4.14. The second kappa shape index (κ2) is 9.19. The summed E-state index contributed by atoms with van der Waals surface area (Å²) in [5.74, 6) is 0.245. The SMILES string of the molecule is Cc1nc(C(=O)N2CCCC[C@H]2CNc2cnc3cccnc3n2)c(-c2ccc(F)cc2)s1. The molecule has 0 aliphatic carbocycles. The maximum atomic E-state index is 13.6. The second-order valence-corrected chi connectivity index (χ2v) is 9.25. The molecule has 0 bridgehead atoms. The number of fused-ring (bicyclic) bond motifs is 1. The van der Waals surface area contributed by atoms with Gasteiger partial charge in [-0.15, -0.1) is 11.3 Å². The number of likely N-dealkylation sites (tertiary alicyclic amines) is 1. The van der Waals surface area contributed by atoms with Crippen LogP contribution in [0.25, 0.3) is 21.6 Å². The molecule has 0 spiro atoms. The van der Waals surface area contributed by atoms with Gasteiger partial charge in [-0.3, -0.25) is 4.79 Å². The van der Waals surface area contributed by atoms with Crippen molar-refractivity contribution in [1.82, 2.24) is 24.8 Å². The van der Waals surface area contributed by atoms with Crippen LogP contribution in [0.3, 0.4) is 0 Å². The smallest absolute Gasteiger partial charge is 0.274 e. The third-order valence-electron chi connectivity index (χ3n) is 5.77. The Morgan fingerprint density at radius 1 is 1.18 bits per heavy atom. The van der Waals surface area contributed by atoms with Crippen molar-refractivity contribution in [3.05, 3.63) is 65.3 Å². The average molecular weight is 463 g/mol. The summed E-state index contributed by atoms with van der Waals surface area (Å²) in [6.07, 6.45) is 6.29. The van der Waals surface area contributed by atoms with Crippen molar-refractivity contribution in [1.29, 1.82) is 0 Å². The zero-order valence-corrected chi connectivity index (χ0v) is 19.0. The number of rotatable bonds is 5. The fourth-order valence-corrected chi connectivity index (χ4v) is 5.06. The van der Waals surface area contributed by atoms with Crippen LogP contribution in [0.4, 0.5) is 10.2 Å². The number of carbonyl (C=O) groups is 1. The minimum absolute atomic E-state index is 0.00977. The predicted molar refractivity (Wildman–Crippen MR) is 127 cm³/mol. The third kappa shape index (κ3) is 4.54. The highest BCUT2D eigenvalue weighted by molar-refractivity contribution is 7.15. The molecule has 0 unspecified atom stereocenters. The van der Waals surface area contributed by atoms with Crippen molar-refractivity contribution in [2.45, 2.75) is 32.2 Å². The molecule has 1 aromatic carbocycles. The third-order valence-corrected chi connectivity index (χ3v) is 6.79. The Kier molecular flexibility index (Phi) is 5.95. The summed E-state index contributed by atoms with van der Waals surface area (Å²) in [5, 5.41) is 4.14. The molecule has 4 aromatic rings. The molecule has 3 aromatic heterocycles. The molecule has 1 aliphatic rings. The Labute approximate surface area is 194 Å². The number of amides is 1. The lowest BCUT2D eigenvalue weighted by molar-refractivity contribution is 0.0623. The molecular weight excluding hydrogens is 439 g/mol. The number of thiazole rings is 1. The first-order valence-electron chi connectivity index (χ1n) is 10.9. The molecule has 0 saturated carbocycles. The number of pyridine rings is 1. The quantitative estimate of drug-likeness (QED) is 0.463. The summed E-state index contributed by atoms with van der Waals surface area (Å²) in [7, 11) is 0. The number of halogens is 1. The molecule has 4 heterocycles. The van der Waals surface area contributed by atoms with Crippen LogP contribution in [-0.4, -0.2) is 49.9 Å². The Morgan fingerprint density at radius 3 is 2.88 bits per heavy atom. The number of aryl methyl sites for hydroxylation is 1. The number of aromatic nitrogens is 4. The molecule has 1 aliphatic heterocycles. The molecule has 1 saturated heterocycles. The van der Waals surface area contributed by atoms with E-state index in [0.717, 1.165) is 40.2 Å². The molecule has 1 N–H and O–H groups in total. The van der Waals surface area contributed by atoms with Crippen LogP contribution in [0.2, 0.25) is 0 Å². The zero-order valence-electron chi connectivity index (χ0n) is 18.2. The van der Waals surface area contributed by atoms with Crippen LogP contribution in [0.5, 0.6) is 0 Å². The van der Waals surface area contributed by atoms with Crippen LogP contribution in [-0.2, 0) is 0 Å². The molecule has 5 rings (SSSR count). The lowest BCUT2D eigenvalue weighted by atomic mass is 10.0. The highest BCUT2D eigenvalue weighted by atomic mass is 32.1. The van der Waals surface area contributed by atoms with E-state index in [1.165, 1.54) is 23.5 Å². The summed E-state index contributed by atoms with van der Waals surface area (Å²) in [6, 6.07) is 9.92. The van der Waals surface area contributed by atoms with E-state index in [2.05, 4.69) is 25.3 Å². The number of anilines is 1. The van der Waals surface area contributed by atoms with E-state index in [0.29, 0.717) is 30.2 Å². The zero-order chi connectivity index (χ0) is 22.8. The number of nitrogens with zero attached hydrogens (tertiary/aromatic N) is 5. The van der Waals surface area contributed by atoms with Crippen LogP contribution in [0, 0.1) is 12.7 Å². The maximum Gasteiger partial charge on any atom is 0.274 e. The van der Waals surface area contributed by atoms with E-state index in [1.54, 1.807) is 24.5 Å². The minimum atomic E-state index is -0.304. The van der Waals surface area contributed by atoms with E-state index in [9.17, 15) is 9.18 Å². The van der Waals surface area contributed by atoms with Crippen molar-refractivity contribution >= 4 is 34.2 Å². The molecule has 0 radical (unpaired) electrons. The van der Waals surface area contributed by atoms with E-state index in [-0.39, 0.29) is 17.8 Å². The summed E-state index contributed by atoms with van der Waals surface area (Å²) in [5.41, 5.74) is 2.56. The summed E-state index contributed by atoms with van der Waals surface area (Å²) in [4.78, 5) is 34.0. The summed E-state index contributed by atoms with van der Waals surface area (Å²) >= 11 is 1.46. The maximum absolute atomic E-state index is 13.6. The molecule has 1 fully saturated rings. The van der Waals surface area contributed by atoms with Gasteiger partial charge in [0, 0.05) is 25.3 Å². The van der Waals surface area contributed by atoms with Crippen molar-refractivity contribution in [2.75, 3.05) is 18.4 Å². The van der Waals surface area contributed by atoms with Gasteiger partial charge in [0.25, 0.3) is 5.91 Å². The van der Waals surface area contributed by atoms with Gasteiger partial charge >= 0.3 is 0 Å². The molecule has 33 heavy (non-hydrogen) atoms. The fraction of sp³-hybridized carbons (Fsp3) is 0.292. The molecule has 1 atom stereocenters. The number of piperidine rings is 1. The monoisotopic (exact) mass is 462 g/mol. The molecule has 1 amide bonds. The minimum Gasteiger partial charge on any atom is -0.367 e. The normalized spacial score (nSPS) is 16.2. The second-order valence-electron chi connectivity index (χ2n) is 8.05. The number of benzene rings is 1. The van der Waals surface area contributed by atoms with Gasteiger partial charge in [0.2, 0.25) is 0 Å². The Hall–Kier alpha value is -3.46. The van der Waals surface area contributed by atoms with Gasteiger partial charge in [-0.1, -0.05) is 12.1 Å². The molecule has 168 valence electrons. The Morgan fingerprint density at radius 2 is 2.03 bits per heavy atom. The lowest BCUT2D eigenvalue weighted by Gasteiger charge is -2.35. The number of carbonyl (C=O) groups excluding carboxylic acids is 1. The number of hydrogen-bond donors (Lipinski definition) is 1. The van der Waals surface area contributed by atoms with Crippen molar-refractivity contribution in [3.8, 4) is 10.4 Å². The van der Waals surface area contributed by atoms with Crippen LogP contribution in [0.15, 0.2) is 48.8 Å². The first-order chi connectivity index (χ1) is 16.1. The molecular formula is C24H23FN6OS. The highest BCUT2D eigenvalue weighted by Crippen LogP contribution is 2.32. The molecule has 7 nitrogen and oxygen atoms in total. The van der Waals surface area contributed by atoms with Gasteiger partial charge in [-0.25, -0.2) is 24.3 Å². The van der Waals surface area contributed by atoms with Crippen molar-refractivity contribution < 1.29 is 9.18 Å². The molecule has 9 heteroatoms. The largest absolute Gasteiger partial charge is 0.367 e. The van der Waals surface area contributed by atoms with Gasteiger partial charge in [0.1, 0.15) is 22.8 Å².